The minimum atomic E-state index is -6.36. The Kier molecular flexibility index (Phi) is 4.76. The lowest BCUT2D eigenvalue weighted by atomic mass is 9.95. The van der Waals surface area contributed by atoms with Crippen LogP contribution in [0.3, 0.4) is 0 Å². The molecule has 0 amide bonds. The van der Waals surface area contributed by atoms with Crippen molar-refractivity contribution < 1.29 is 35.5 Å². The average molecular weight is 319 g/mol. The molecule has 9 heteroatoms. The summed E-state index contributed by atoms with van der Waals surface area (Å²) in [6.45, 7) is 0. The van der Waals surface area contributed by atoms with E-state index in [9.17, 15) is 30.7 Å². The maximum atomic E-state index is 13.7. The molecule has 0 bridgehead atoms. The molecule has 21 heavy (non-hydrogen) atoms. The molecule has 0 saturated heterocycles. The van der Waals surface area contributed by atoms with E-state index in [2.05, 4.69) is 0 Å². The SMILES string of the molecule is CNC(c1ccc(OC)cc1)C(F)(F)C(F)(F)C(F)(F)F. The average Bonchev–Trinajstić information content (AvgIpc) is 2.38. The maximum Gasteiger partial charge on any atom is 0.459 e. The minimum absolute atomic E-state index is 0.250. The van der Waals surface area contributed by atoms with Crippen LogP contribution in [0.15, 0.2) is 24.3 Å². The van der Waals surface area contributed by atoms with Gasteiger partial charge in [0.2, 0.25) is 0 Å². The van der Waals surface area contributed by atoms with Crippen LogP contribution in [-0.4, -0.2) is 32.2 Å². The standard InChI is InChI=1S/C12H12F7NO/c1-20-9(7-3-5-8(21-2)6-4-7)10(13,14)11(15,16)12(17,18)19/h3-6,9,20H,1-2H3. The topological polar surface area (TPSA) is 21.3 Å². The number of nitrogens with one attached hydrogen (secondary N) is 1. The van der Waals surface area contributed by atoms with E-state index in [1.165, 1.54) is 19.2 Å². The first kappa shape index (κ1) is 17.5. The van der Waals surface area contributed by atoms with Gasteiger partial charge in [0.1, 0.15) is 11.8 Å². The van der Waals surface area contributed by atoms with Gasteiger partial charge in [-0.05, 0) is 24.7 Å². The summed E-state index contributed by atoms with van der Waals surface area (Å²) in [6, 6.07) is 1.82. The van der Waals surface area contributed by atoms with E-state index in [1.807, 2.05) is 0 Å². The van der Waals surface area contributed by atoms with Crippen LogP contribution >= 0.6 is 0 Å². The van der Waals surface area contributed by atoms with Crippen molar-refractivity contribution in [1.82, 2.24) is 5.32 Å². The fourth-order valence-corrected chi connectivity index (χ4v) is 1.72. The highest BCUT2D eigenvalue weighted by atomic mass is 19.4. The van der Waals surface area contributed by atoms with Crippen molar-refractivity contribution >= 4 is 0 Å². The van der Waals surface area contributed by atoms with Gasteiger partial charge in [-0.25, -0.2) is 0 Å². The molecule has 1 aromatic rings. The van der Waals surface area contributed by atoms with Gasteiger partial charge >= 0.3 is 18.0 Å². The Labute approximate surface area is 115 Å². The Morgan fingerprint density at radius 3 is 1.76 bits per heavy atom. The summed E-state index contributed by atoms with van der Waals surface area (Å²) in [5.74, 6) is -11.3. The molecule has 0 heterocycles. The first-order chi connectivity index (χ1) is 9.49. The quantitative estimate of drug-likeness (QED) is 0.834. The Morgan fingerprint density at radius 1 is 0.952 bits per heavy atom. The van der Waals surface area contributed by atoms with Crippen LogP contribution in [0, 0.1) is 0 Å². The van der Waals surface area contributed by atoms with E-state index in [-0.39, 0.29) is 5.75 Å². The number of hydrogen-bond acceptors (Lipinski definition) is 2. The molecule has 0 radical (unpaired) electrons. The van der Waals surface area contributed by atoms with E-state index < -0.39 is 29.6 Å². The van der Waals surface area contributed by atoms with Crippen LogP contribution in [0.25, 0.3) is 0 Å². The van der Waals surface area contributed by atoms with E-state index >= 15 is 0 Å². The fraction of sp³-hybridized carbons (Fsp3) is 0.500. The molecule has 120 valence electrons. The molecule has 0 aliphatic carbocycles. The molecular weight excluding hydrogens is 307 g/mol. The molecular formula is C12H12F7NO. The van der Waals surface area contributed by atoms with Crippen molar-refractivity contribution in [1.29, 1.82) is 0 Å². The fourth-order valence-electron chi connectivity index (χ4n) is 1.72. The Balaban J connectivity index is 3.23. The van der Waals surface area contributed by atoms with Crippen LogP contribution in [-0.2, 0) is 0 Å². The molecule has 1 rings (SSSR count). The number of alkyl halides is 7. The minimum Gasteiger partial charge on any atom is -0.497 e. The predicted molar refractivity (Wildman–Crippen MR) is 60.7 cm³/mol. The Hall–Kier alpha value is -1.51. The molecule has 0 aromatic heterocycles. The van der Waals surface area contributed by atoms with E-state index in [1.54, 1.807) is 5.32 Å². The highest BCUT2D eigenvalue weighted by molar-refractivity contribution is 5.31. The molecule has 0 aliphatic rings. The van der Waals surface area contributed by atoms with Crippen LogP contribution < -0.4 is 10.1 Å². The highest BCUT2D eigenvalue weighted by Gasteiger charge is 2.75. The lowest BCUT2D eigenvalue weighted by Gasteiger charge is -2.34. The zero-order chi connectivity index (χ0) is 16.5. The van der Waals surface area contributed by atoms with Gasteiger partial charge in [0.25, 0.3) is 0 Å². The second-order valence-corrected chi connectivity index (χ2v) is 4.19. The molecule has 0 saturated carbocycles. The molecule has 0 fully saturated rings. The first-order valence-corrected chi connectivity index (χ1v) is 5.62. The van der Waals surface area contributed by atoms with Crippen molar-refractivity contribution in [3.8, 4) is 5.75 Å². The third-order valence-corrected chi connectivity index (χ3v) is 2.88. The van der Waals surface area contributed by atoms with Gasteiger partial charge in [-0.15, -0.1) is 0 Å². The molecule has 1 N–H and O–H groups in total. The second-order valence-electron chi connectivity index (χ2n) is 4.19. The van der Waals surface area contributed by atoms with E-state index in [0.29, 0.717) is 0 Å². The van der Waals surface area contributed by atoms with Crippen LogP contribution in [0.5, 0.6) is 5.75 Å². The van der Waals surface area contributed by atoms with Gasteiger partial charge in [0.15, 0.2) is 0 Å². The number of halogens is 7. The summed E-state index contributed by atoms with van der Waals surface area (Å²) >= 11 is 0. The number of hydrogen-bond donors (Lipinski definition) is 1. The van der Waals surface area contributed by atoms with Crippen molar-refractivity contribution in [3.05, 3.63) is 29.8 Å². The Bertz CT molecular complexity index is 469. The molecule has 0 spiro atoms. The summed E-state index contributed by atoms with van der Waals surface area (Å²) in [6.07, 6.45) is -6.36. The summed E-state index contributed by atoms with van der Waals surface area (Å²) in [7, 11) is 2.16. The lowest BCUT2D eigenvalue weighted by molar-refractivity contribution is -0.360. The van der Waals surface area contributed by atoms with Crippen molar-refractivity contribution in [2.24, 2.45) is 0 Å². The normalized spacial score (nSPS) is 14.9. The largest absolute Gasteiger partial charge is 0.497 e. The number of ether oxygens (including phenoxy) is 1. The van der Waals surface area contributed by atoms with Gasteiger partial charge in [-0.3, -0.25) is 0 Å². The van der Waals surface area contributed by atoms with E-state index in [4.69, 9.17) is 4.74 Å². The van der Waals surface area contributed by atoms with Gasteiger partial charge in [-0.2, -0.15) is 30.7 Å². The van der Waals surface area contributed by atoms with Gasteiger partial charge < -0.3 is 10.1 Å². The summed E-state index contributed by atoms with van der Waals surface area (Å²) in [5.41, 5.74) is -0.424. The summed E-state index contributed by atoms with van der Waals surface area (Å²) in [5, 5.41) is 1.80. The van der Waals surface area contributed by atoms with Gasteiger partial charge in [0, 0.05) is 0 Å². The molecule has 2 nitrogen and oxygen atoms in total. The van der Waals surface area contributed by atoms with Crippen molar-refractivity contribution in [2.45, 2.75) is 24.1 Å². The number of rotatable bonds is 5. The third kappa shape index (κ3) is 3.07. The zero-order valence-electron chi connectivity index (χ0n) is 10.9. The van der Waals surface area contributed by atoms with Crippen LogP contribution in [0.2, 0.25) is 0 Å². The first-order valence-electron chi connectivity index (χ1n) is 5.62. The van der Waals surface area contributed by atoms with Crippen LogP contribution in [0.4, 0.5) is 30.7 Å². The van der Waals surface area contributed by atoms with Crippen molar-refractivity contribution in [3.63, 3.8) is 0 Å². The summed E-state index contributed by atoms with van der Waals surface area (Å²) in [4.78, 5) is 0. The second kappa shape index (κ2) is 5.70. The third-order valence-electron chi connectivity index (χ3n) is 2.88. The van der Waals surface area contributed by atoms with Gasteiger partial charge in [-0.1, -0.05) is 12.1 Å². The Morgan fingerprint density at radius 2 is 1.43 bits per heavy atom. The molecule has 1 aromatic carbocycles. The van der Waals surface area contributed by atoms with Gasteiger partial charge in [0.05, 0.1) is 7.11 Å². The zero-order valence-corrected chi connectivity index (χ0v) is 10.9. The smallest absolute Gasteiger partial charge is 0.459 e. The lowest BCUT2D eigenvalue weighted by Crippen LogP contribution is -2.57. The predicted octanol–water partition coefficient (Wildman–Crippen LogP) is 3.79. The molecule has 1 atom stereocenters. The van der Waals surface area contributed by atoms with Crippen molar-refractivity contribution in [2.75, 3.05) is 14.2 Å². The van der Waals surface area contributed by atoms with Crippen LogP contribution in [0.1, 0.15) is 11.6 Å². The summed E-state index contributed by atoms with van der Waals surface area (Å²) < 4.78 is 94.7. The molecule has 1 unspecified atom stereocenters. The molecule has 0 aliphatic heterocycles. The maximum absolute atomic E-state index is 13.7. The highest BCUT2D eigenvalue weighted by Crippen LogP contribution is 2.51. The number of benzene rings is 1. The monoisotopic (exact) mass is 319 g/mol. The number of methoxy groups -OCH3 is 1. The van der Waals surface area contributed by atoms with E-state index in [0.717, 1.165) is 19.2 Å².